The van der Waals surface area contributed by atoms with Crippen LogP contribution in [0.1, 0.15) is 25.7 Å². The molecule has 0 saturated carbocycles. The summed E-state index contributed by atoms with van der Waals surface area (Å²) in [7, 11) is 0. The summed E-state index contributed by atoms with van der Waals surface area (Å²) >= 11 is 3.77. The third kappa shape index (κ3) is 5.52. The second kappa shape index (κ2) is 9.33. The van der Waals surface area contributed by atoms with Gasteiger partial charge in [0.2, 0.25) is 0 Å². The predicted octanol–water partition coefficient (Wildman–Crippen LogP) is 5.10. The maximum atomic E-state index is 13.2. The Balaban J connectivity index is 1.63. The number of amides is 2. The molecule has 2 heterocycles. The van der Waals surface area contributed by atoms with Crippen molar-refractivity contribution in [2.75, 3.05) is 5.32 Å². The molecule has 0 fully saturated rings. The van der Waals surface area contributed by atoms with Gasteiger partial charge in [-0.3, -0.25) is 5.32 Å². The van der Waals surface area contributed by atoms with Gasteiger partial charge in [0.25, 0.3) is 0 Å². The number of nitrogens with zero attached hydrogens (tertiary/aromatic N) is 1. The first-order chi connectivity index (χ1) is 13.8. The summed E-state index contributed by atoms with van der Waals surface area (Å²) < 4.78 is 30.3. The molecule has 0 aliphatic heterocycles. The number of anilines is 1. The van der Waals surface area contributed by atoms with Crippen LogP contribution in [-0.4, -0.2) is 21.5 Å². The maximum absolute atomic E-state index is 13.2. The van der Waals surface area contributed by atoms with E-state index < -0.39 is 23.6 Å². The van der Waals surface area contributed by atoms with Gasteiger partial charge in [0, 0.05) is 22.1 Å². The van der Waals surface area contributed by atoms with Crippen LogP contribution in [0.3, 0.4) is 0 Å². The van der Waals surface area contributed by atoms with Gasteiger partial charge < -0.3 is 10.4 Å². The monoisotopic (exact) mass is 455 g/mol. The van der Waals surface area contributed by atoms with E-state index in [4.69, 9.17) is 0 Å². The molecule has 2 aromatic heterocycles. The number of urea groups is 1. The van der Waals surface area contributed by atoms with Crippen molar-refractivity contribution in [1.82, 2.24) is 9.69 Å². The Bertz CT molecular complexity index is 1050. The van der Waals surface area contributed by atoms with Gasteiger partial charge in [0.1, 0.15) is 15.6 Å². The lowest BCUT2D eigenvalue weighted by Crippen LogP contribution is -2.28. The first-order valence-corrected chi connectivity index (χ1v) is 10.8. The zero-order valence-corrected chi connectivity index (χ0v) is 17.4. The number of carbonyl (C=O) groups excluding carboxylic acids is 1. The number of rotatable bonds is 7. The van der Waals surface area contributed by atoms with E-state index in [0.717, 1.165) is 33.4 Å². The number of hydrogen-bond acceptors (Lipinski definition) is 6. The second-order valence-electron chi connectivity index (χ2n) is 5.85. The number of benzene rings is 1. The van der Waals surface area contributed by atoms with Crippen LogP contribution in [0, 0.1) is 18.6 Å². The Morgan fingerprint density at radius 2 is 2.00 bits per heavy atom. The van der Waals surface area contributed by atoms with Crippen LogP contribution in [-0.2, 0) is 12.3 Å². The average Bonchev–Trinajstić information content (AvgIpc) is 3.26. The number of carboxylic acid groups (broad SMARTS) is 1. The normalized spacial score (nSPS) is 10.7. The Kier molecular flexibility index (Phi) is 6.83. The number of aromatic carboxylic acids is 1. The molecule has 0 unspecified atom stereocenters. The maximum Gasteiger partial charge on any atom is 0.341 e. The highest BCUT2D eigenvalue weighted by molar-refractivity contribution is 7.98. The number of nitrogens with one attached hydrogen (secondary N) is 2. The van der Waals surface area contributed by atoms with Crippen LogP contribution in [0.4, 0.5) is 18.6 Å². The topological polar surface area (TPSA) is 91.3 Å². The molecule has 3 N–H and O–H groups in total. The number of thiophene rings is 1. The van der Waals surface area contributed by atoms with Crippen molar-refractivity contribution in [1.29, 1.82) is 0 Å². The highest BCUT2D eigenvalue weighted by Gasteiger charge is 2.22. The lowest BCUT2D eigenvalue weighted by Gasteiger charge is -2.07. The van der Waals surface area contributed by atoms with E-state index >= 15 is 0 Å². The van der Waals surface area contributed by atoms with Crippen molar-refractivity contribution >= 4 is 51.6 Å². The SMILES string of the molecule is Cc1ccc(CSc2nsc(NC(=O)NCc3ccc(F)c(F)c3)c2C(=O)O)s1. The molecule has 6 nitrogen and oxygen atoms in total. The van der Waals surface area contributed by atoms with Crippen LogP contribution in [0.25, 0.3) is 0 Å². The van der Waals surface area contributed by atoms with Crippen LogP contribution in [0.5, 0.6) is 0 Å². The van der Waals surface area contributed by atoms with Gasteiger partial charge in [-0.25, -0.2) is 18.4 Å². The number of carboxylic acids is 1. The number of hydrogen-bond donors (Lipinski definition) is 3. The van der Waals surface area contributed by atoms with E-state index in [9.17, 15) is 23.5 Å². The fourth-order valence-electron chi connectivity index (χ4n) is 2.33. The minimum Gasteiger partial charge on any atom is -0.477 e. The van der Waals surface area contributed by atoms with Crippen molar-refractivity contribution in [2.24, 2.45) is 0 Å². The quantitative estimate of drug-likeness (QED) is 0.431. The van der Waals surface area contributed by atoms with E-state index in [1.54, 1.807) is 11.3 Å². The molecule has 0 aliphatic rings. The van der Waals surface area contributed by atoms with Crippen LogP contribution < -0.4 is 10.6 Å². The Morgan fingerprint density at radius 1 is 1.21 bits per heavy atom. The van der Waals surface area contributed by atoms with Gasteiger partial charge in [-0.05, 0) is 48.3 Å². The molecule has 0 bridgehead atoms. The molecule has 152 valence electrons. The van der Waals surface area contributed by atoms with Crippen LogP contribution >= 0.6 is 34.6 Å². The van der Waals surface area contributed by atoms with Crippen molar-refractivity contribution in [3.63, 3.8) is 0 Å². The zero-order chi connectivity index (χ0) is 21.0. The molecule has 0 saturated heterocycles. The molecular weight excluding hydrogens is 440 g/mol. The Labute approximate surface area is 177 Å². The number of thioether (sulfide) groups is 1. The summed E-state index contributed by atoms with van der Waals surface area (Å²) in [5.74, 6) is -2.61. The summed E-state index contributed by atoms with van der Waals surface area (Å²) in [4.78, 5) is 26.0. The number of aromatic nitrogens is 1. The molecule has 0 aliphatic carbocycles. The predicted molar refractivity (Wildman–Crippen MR) is 110 cm³/mol. The molecule has 11 heteroatoms. The number of carbonyl (C=O) groups is 2. The smallest absolute Gasteiger partial charge is 0.341 e. The van der Waals surface area contributed by atoms with Crippen molar-refractivity contribution in [3.05, 3.63) is 62.8 Å². The van der Waals surface area contributed by atoms with Crippen molar-refractivity contribution in [2.45, 2.75) is 24.2 Å². The van der Waals surface area contributed by atoms with E-state index in [0.29, 0.717) is 16.3 Å². The highest BCUT2D eigenvalue weighted by atomic mass is 32.2. The number of halogens is 2. The standard InChI is InChI=1S/C18H15F2N3O3S3/c1-9-2-4-11(28-9)8-27-16-14(17(24)25)15(29-23-16)22-18(26)21-7-10-3-5-12(19)13(20)6-10/h2-6H,7-8H2,1H3,(H,24,25)(H2,21,22,26). The van der Waals surface area contributed by atoms with Crippen molar-refractivity contribution in [3.8, 4) is 0 Å². The van der Waals surface area contributed by atoms with Crippen LogP contribution in [0.2, 0.25) is 0 Å². The van der Waals surface area contributed by atoms with E-state index in [-0.39, 0.29) is 17.1 Å². The minimum atomic E-state index is -1.19. The first kappa shape index (κ1) is 21.2. The lowest BCUT2D eigenvalue weighted by molar-refractivity contribution is 0.0694. The largest absolute Gasteiger partial charge is 0.477 e. The highest BCUT2D eigenvalue weighted by Crippen LogP contribution is 2.34. The second-order valence-corrected chi connectivity index (χ2v) is 8.96. The lowest BCUT2D eigenvalue weighted by atomic mass is 10.2. The third-order valence-corrected chi connectivity index (χ3v) is 6.77. The fourth-order valence-corrected chi connectivity index (χ4v) is 5.20. The molecule has 29 heavy (non-hydrogen) atoms. The van der Waals surface area contributed by atoms with E-state index in [1.165, 1.54) is 17.8 Å². The minimum absolute atomic E-state index is 0.0520. The Hall–Kier alpha value is -2.50. The first-order valence-electron chi connectivity index (χ1n) is 8.23. The molecule has 0 radical (unpaired) electrons. The fraction of sp³-hybridized carbons (Fsp3) is 0.167. The molecule has 0 atom stereocenters. The van der Waals surface area contributed by atoms with Gasteiger partial charge >= 0.3 is 12.0 Å². The van der Waals surface area contributed by atoms with Crippen molar-refractivity contribution < 1.29 is 23.5 Å². The molecule has 3 aromatic rings. The molecule has 3 rings (SSSR count). The van der Waals surface area contributed by atoms with Gasteiger partial charge in [-0.2, -0.15) is 4.37 Å². The molecule has 1 aromatic carbocycles. The molecule has 0 spiro atoms. The van der Waals surface area contributed by atoms with E-state index in [1.807, 2.05) is 19.1 Å². The summed E-state index contributed by atoms with van der Waals surface area (Å²) in [5.41, 5.74) is 0.292. The summed E-state index contributed by atoms with van der Waals surface area (Å²) in [6, 6.07) is 6.58. The van der Waals surface area contributed by atoms with Gasteiger partial charge in [0.15, 0.2) is 11.6 Å². The van der Waals surface area contributed by atoms with Gasteiger partial charge in [-0.1, -0.05) is 17.8 Å². The zero-order valence-electron chi connectivity index (χ0n) is 15.0. The van der Waals surface area contributed by atoms with Gasteiger partial charge in [0.05, 0.1) is 0 Å². The Morgan fingerprint density at radius 3 is 2.66 bits per heavy atom. The average molecular weight is 456 g/mol. The van der Waals surface area contributed by atoms with Crippen LogP contribution in [0.15, 0.2) is 35.4 Å². The summed E-state index contributed by atoms with van der Waals surface area (Å²) in [5, 5.41) is 14.9. The summed E-state index contributed by atoms with van der Waals surface area (Å²) in [6.07, 6.45) is 0. The number of aryl methyl sites for hydroxylation is 1. The van der Waals surface area contributed by atoms with Gasteiger partial charge in [-0.15, -0.1) is 11.3 Å². The summed E-state index contributed by atoms with van der Waals surface area (Å²) in [6.45, 7) is 1.94. The molecule has 2 amide bonds. The third-order valence-electron chi connectivity index (χ3n) is 3.69. The van der Waals surface area contributed by atoms with E-state index in [2.05, 4.69) is 15.0 Å². The molecular formula is C18H15F2N3O3S3.